The first-order chi connectivity index (χ1) is 15.1. The second kappa shape index (κ2) is 9.22. The third-order valence-electron chi connectivity index (χ3n) is 4.49. The number of nitrogens with one attached hydrogen (secondary N) is 1. The number of rotatable bonds is 5. The van der Waals surface area contributed by atoms with Gasteiger partial charge in [0, 0.05) is 22.8 Å². The van der Waals surface area contributed by atoms with Crippen molar-refractivity contribution in [2.75, 3.05) is 11.9 Å². The molecule has 31 heavy (non-hydrogen) atoms. The molecular formula is C24H20N4O3. The summed E-state index contributed by atoms with van der Waals surface area (Å²) < 4.78 is 5.89. The third-order valence-corrected chi connectivity index (χ3v) is 4.49. The van der Waals surface area contributed by atoms with Crippen molar-refractivity contribution in [1.82, 2.24) is 15.0 Å². The number of aromatic nitrogens is 3. The number of aryl methyl sites for hydroxylation is 1. The van der Waals surface area contributed by atoms with Crippen LogP contribution in [0.4, 0.5) is 11.5 Å². The smallest absolute Gasteiger partial charge is 0.145 e. The summed E-state index contributed by atoms with van der Waals surface area (Å²) in [5.74, 6) is 7.50. The molecule has 2 aromatic heterocycles. The van der Waals surface area contributed by atoms with Crippen molar-refractivity contribution in [3.05, 3.63) is 78.4 Å². The van der Waals surface area contributed by atoms with Crippen molar-refractivity contribution in [3.63, 3.8) is 0 Å². The van der Waals surface area contributed by atoms with E-state index in [1.807, 2.05) is 55.5 Å². The predicted octanol–water partition coefficient (Wildman–Crippen LogP) is 3.57. The lowest BCUT2D eigenvalue weighted by Crippen LogP contribution is -2.07. The lowest BCUT2D eigenvalue weighted by molar-refractivity contribution is 0.138. The highest BCUT2D eigenvalue weighted by molar-refractivity contribution is 5.91. The van der Waals surface area contributed by atoms with Crippen LogP contribution >= 0.6 is 0 Å². The van der Waals surface area contributed by atoms with Gasteiger partial charge in [0.05, 0.1) is 18.3 Å². The Balaban J connectivity index is 1.60. The Hall–Kier alpha value is -3.99. The molecule has 7 heteroatoms. The Labute approximate surface area is 179 Å². The van der Waals surface area contributed by atoms with E-state index in [0.717, 1.165) is 27.9 Å². The van der Waals surface area contributed by atoms with Crippen LogP contribution in [0.1, 0.15) is 11.1 Å². The summed E-state index contributed by atoms with van der Waals surface area (Å²) >= 11 is 0. The van der Waals surface area contributed by atoms with Gasteiger partial charge in [0.2, 0.25) is 0 Å². The molecule has 0 fully saturated rings. The summed E-state index contributed by atoms with van der Waals surface area (Å²) in [6.45, 7) is 1.56. The zero-order chi connectivity index (χ0) is 21.6. The normalized spacial score (nSPS) is 11.5. The average molecular weight is 412 g/mol. The van der Waals surface area contributed by atoms with Gasteiger partial charge in [0.25, 0.3) is 0 Å². The summed E-state index contributed by atoms with van der Waals surface area (Å²) in [5, 5.41) is 22.5. The third kappa shape index (κ3) is 4.95. The molecule has 1 unspecified atom stereocenters. The van der Waals surface area contributed by atoms with E-state index >= 15 is 0 Å². The van der Waals surface area contributed by atoms with E-state index in [9.17, 15) is 5.11 Å². The van der Waals surface area contributed by atoms with Crippen LogP contribution in [0.3, 0.4) is 0 Å². The molecule has 2 heterocycles. The minimum absolute atomic E-state index is 0.406. The maximum Gasteiger partial charge on any atom is 0.145 e. The first-order valence-electron chi connectivity index (χ1n) is 9.63. The molecule has 4 aromatic rings. The van der Waals surface area contributed by atoms with E-state index in [-0.39, 0.29) is 0 Å². The van der Waals surface area contributed by atoms with Gasteiger partial charge in [-0.3, -0.25) is 4.98 Å². The van der Waals surface area contributed by atoms with Crippen LogP contribution in [0.2, 0.25) is 0 Å². The Morgan fingerprint density at radius 3 is 2.81 bits per heavy atom. The number of aliphatic hydroxyl groups is 2. The van der Waals surface area contributed by atoms with Gasteiger partial charge in [-0.1, -0.05) is 11.8 Å². The van der Waals surface area contributed by atoms with Crippen LogP contribution in [0.5, 0.6) is 11.5 Å². The molecule has 0 aliphatic rings. The average Bonchev–Trinajstić information content (AvgIpc) is 2.80. The molecule has 0 amide bonds. The molecule has 0 bridgehead atoms. The lowest BCUT2D eigenvalue weighted by Gasteiger charge is -2.12. The zero-order valence-electron chi connectivity index (χ0n) is 16.8. The van der Waals surface area contributed by atoms with E-state index in [0.29, 0.717) is 17.1 Å². The van der Waals surface area contributed by atoms with Crippen molar-refractivity contribution in [2.45, 2.75) is 13.0 Å². The van der Waals surface area contributed by atoms with E-state index in [2.05, 4.69) is 32.1 Å². The van der Waals surface area contributed by atoms with E-state index in [1.165, 1.54) is 6.33 Å². The van der Waals surface area contributed by atoms with Crippen molar-refractivity contribution in [3.8, 4) is 23.3 Å². The number of aliphatic hydroxyl groups excluding tert-OH is 2. The molecule has 0 aliphatic heterocycles. The summed E-state index contributed by atoms with van der Waals surface area (Å²) in [4.78, 5) is 12.7. The van der Waals surface area contributed by atoms with Crippen molar-refractivity contribution in [1.29, 1.82) is 0 Å². The molecule has 1 atom stereocenters. The fraction of sp³-hybridized carbons (Fsp3) is 0.125. The predicted molar refractivity (Wildman–Crippen MR) is 118 cm³/mol. The molecule has 0 saturated heterocycles. The first kappa shape index (κ1) is 20.3. The zero-order valence-corrected chi connectivity index (χ0v) is 16.8. The molecule has 0 spiro atoms. The van der Waals surface area contributed by atoms with Crippen LogP contribution in [-0.4, -0.2) is 37.9 Å². The molecule has 0 saturated carbocycles. The number of ether oxygens (including phenoxy) is 1. The molecule has 0 radical (unpaired) electrons. The first-order valence-corrected chi connectivity index (χ1v) is 9.63. The van der Waals surface area contributed by atoms with Crippen molar-refractivity contribution < 1.29 is 14.9 Å². The molecule has 7 nitrogen and oxygen atoms in total. The number of nitrogens with zero attached hydrogens (tertiary/aromatic N) is 3. The molecule has 0 aliphatic carbocycles. The van der Waals surface area contributed by atoms with Gasteiger partial charge in [0.1, 0.15) is 29.7 Å². The van der Waals surface area contributed by atoms with Crippen LogP contribution in [0, 0.1) is 18.8 Å². The fourth-order valence-electron chi connectivity index (χ4n) is 2.96. The summed E-state index contributed by atoms with van der Waals surface area (Å²) in [7, 11) is 0. The quantitative estimate of drug-likeness (QED) is 0.431. The second-order valence-corrected chi connectivity index (χ2v) is 6.82. The molecule has 3 N–H and O–H groups in total. The van der Waals surface area contributed by atoms with E-state index < -0.39 is 12.7 Å². The van der Waals surface area contributed by atoms with Gasteiger partial charge in [-0.25, -0.2) is 9.97 Å². The van der Waals surface area contributed by atoms with E-state index in [4.69, 9.17) is 9.84 Å². The highest BCUT2D eigenvalue weighted by atomic mass is 16.5. The standard InChI is InChI=1S/C24H20N4O3/c1-16-11-18(6-9-23(16)31-20-3-2-10-25-13-20)28-24-21-12-17(4-7-19(30)14-29)5-8-22(21)26-15-27-24/h2-3,5-6,8-13,15,19,29-30H,14H2,1H3,(H,26,27,28). The number of benzene rings is 2. The van der Waals surface area contributed by atoms with Gasteiger partial charge in [-0.2, -0.15) is 0 Å². The minimum Gasteiger partial charge on any atom is -0.455 e. The Morgan fingerprint density at radius 2 is 2.03 bits per heavy atom. The topological polar surface area (TPSA) is 100 Å². The van der Waals surface area contributed by atoms with Crippen LogP contribution in [0.25, 0.3) is 10.9 Å². The molecular weight excluding hydrogens is 392 g/mol. The summed E-state index contributed by atoms with van der Waals surface area (Å²) in [6, 6.07) is 15.0. The fourth-order valence-corrected chi connectivity index (χ4v) is 2.96. The maximum absolute atomic E-state index is 9.45. The van der Waals surface area contributed by atoms with Crippen molar-refractivity contribution in [2.24, 2.45) is 0 Å². The number of pyridine rings is 1. The van der Waals surface area contributed by atoms with Crippen LogP contribution in [-0.2, 0) is 0 Å². The van der Waals surface area contributed by atoms with Crippen LogP contribution < -0.4 is 10.1 Å². The summed E-state index contributed by atoms with van der Waals surface area (Å²) in [6.07, 6.45) is 3.79. The highest BCUT2D eigenvalue weighted by Gasteiger charge is 2.08. The van der Waals surface area contributed by atoms with Crippen molar-refractivity contribution >= 4 is 22.4 Å². The molecule has 154 valence electrons. The lowest BCUT2D eigenvalue weighted by atomic mass is 10.1. The van der Waals surface area contributed by atoms with Gasteiger partial charge >= 0.3 is 0 Å². The van der Waals surface area contributed by atoms with Gasteiger partial charge in [-0.05, 0) is 61.0 Å². The van der Waals surface area contributed by atoms with Gasteiger partial charge < -0.3 is 20.3 Å². The number of hydrogen-bond acceptors (Lipinski definition) is 7. The molecule has 2 aromatic carbocycles. The van der Waals surface area contributed by atoms with Gasteiger partial charge in [-0.15, -0.1) is 0 Å². The van der Waals surface area contributed by atoms with Crippen LogP contribution in [0.15, 0.2) is 67.3 Å². The maximum atomic E-state index is 9.45. The number of anilines is 2. The highest BCUT2D eigenvalue weighted by Crippen LogP contribution is 2.29. The Morgan fingerprint density at radius 1 is 1.13 bits per heavy atom. The number of hydrogen-bond donors (Lipinski definition) is 3. The minimum atomic E-state index is -1.07. The largest absolute Gasteiger partial charge is 0.455 e. The molecule has 4 rings (SSSR count). The SMILES string of the molecule is Cc1cc(Nc2ncnc3ccc(C#CC(O)CO)cc23)ccc1Oc1cccnc1. The monoisotopic (exact) mass is 412 g/mol. The Kier molecular flexibility index (Phi) is 6.03. The van der Waals surface area contributed by atoms with E-state index in [1.54, 1.807) is 12.4 Å². The summed E-state index contributed by atoms with van der Waals surface area (Å²) in [5.41, 5.74) is 3.26. The Bertz CT molecular complexity index is 1270. The van der Waals surface area contributed by atoms with Gasteiger partial charge in [0.15, 0.2) is 0 Å². The number of fused-ring (bicyclic) bond motifs is 1. The second-order valence-electron chi connectivity index (χ2n) is 6.82.